The summed E-state index contributed by atoms with van der Waals surface area (Å²) in [6.45, 7) is 2.67. The van der Waals surface area contributed by atoms with Gasteiger partial charge in [0.15, 0.2) is 22.0 Å². The number of fused-ring (bicyclic) bond motifs is 2. The van der Waals surface area contributed by atoms with E-state index in [9.17, 15) is 17.6 Å². The molecule has 4 heterocycles. The van der Waals surface area contributed by atoms with Gasteiger partial charge in [0.25, 0.3) is 0 Å². The minimum atomic E-state index is -3.30. The largest absolute Gasteiger partial charge is 0.450 e. The number of hydrogen-bond donors (Lipinski definition) is 0. The van der Waals surface area contributed by atoms with Crippen molar-refractivity contribution in [1.29, 1.82) is 0 Å². The van der Waals surface area contributed by atoms with Gasteiger partial charge in [-0.15, -0.1) is 0 Å². The van der Waals surface area contributed by atoms with E-state index < -0.39 is 22.2 Å². The van der Waals surface area contributed by atoms with Crippen molar-refractivity contribution < 1.29 is 26.9 Å². The van der Waals surface area contributed by atoms with Crippen molar-refractivity contribution in [2.45, 2.75) is 43.3 Å². The van der Waals surface area contributed by atoms with Crippen LogP contribution >= 0.6 is 0 Å². The Morgan fingerprint density at radius 1 is 1.29 bits per heavy atom. The molecule has 180 valence electrons. The Hall–Kier alpha value is -3.28. The Bertz CT molecular complexity index is 1360. The molecule has 0 bridgehead atoms. The van der Waals surface area contributed by atoms with Crippen molar-refractivity contribution >= 4 is 38.5 Å². The molecule has 2 aliphatic heterocycles. The monoisotopic (exact) mass is 489 g/mol. The molecule has 3 aromatic rings. The maximum atomic E-state index is 14.8. The van der Waals surface area contributed by atoms with Crippen LogP contribution in [0.3, 0.4) is 0 Å². The molecule has 0 radical (unpaired) electrons. The fourth-order valence-corrected chi connectivity index (χ4v) is 5.30. The molecule has 0 aliphatic carbocycles. The Morgan fingerprint density at radius 3 is 2.85 bits per heavy atom. The molecule has 1 aromatic carbocycles. The minimum absolute atomic E-state index is 0.0700. The summed E-state index contributed by atoms with van der Waals surface area (Å²) in [4.78, 5) is 24.0. The number of sulfone groups is 1. The highest BCUT2D eigenvalue weighted by Crippen LogP contribution is 2.40. The number of piperidine rings is 1. The predicted octanol–water partition coefficient (Wildman–Crippen LogP) is 3.35. The van der Waals surface area contributed by atoms with Crippen LogP contribution in [0.4, 0.5) is 20.7 Å². The van der Waals surface area contributed by atoms with Gasteiger partial charge in [0.2, 0.25) is 5.58 Å². The zero-order valence-electron chi connectivity index (χ0n) is 18.8. The van der Waals surface area contributed by atoms with Crippen LogP contribution in [0.5, 0.6) is 0 Å². The lowest BCUT2D eigenvalue weighted by molar-refractivity contribution is 0.0236. The summed E-state index contributed by atoms with van der Waals surface area (Å²) in [5, 5.41) is 4.21. The van der Waals surface area contributed by atoms with Crippen molar-refractivity contribution in [1.82, 2.24) is 20.0 Å². The Labute approximate surface area is 195 Å². The van der Waals surface area contributed by atoms with Crippen LogP contribution in [0, 0.1) is 0 Å². The van der Waals surface area contributed by atoms with E-state index in [1.165, 1.54) is 12.6 Å². The summed E-state index contributed by atoms with van der Waals surface area (Å²) in [5.74, 6) is 0.253. The van der Waals surface area contributed by atoms with Crippen LogP contribution in [0.2, 0.25) is 0 Å². The van der Waals surface area contributed by atoms with E-state index in [0.717, 1.165) is 16.2 Å². The van der Waals surface area contributed by atoms with Crippen molar-refractivity contribution in [2.75, 3.05) is 30.9 Å². The highest BCUT2D eigenvalue weighted by atomic mass is 32.2. The first-order valence-corrected chi connectivity index (χ1v) is 12.9. The Kier molecular flexibility index (Phi) is 5.62. The molecule has 0 saturated carbocycles. The molecule has 0 N–H and O–H groups in total. The number of benzene rings is 1. The molecule has 1 saturated heterocycles. The number of carbonyl (C=O) groups excluding carboxylic acids is 1. The highest BCUT2D eigenvalue weighted by Gasteiger charge is 2.36. The van der Waals surface area contributed by atoms with Crippen LogP contribution in [0.25, 0.3) is 11.1 Å². The maximum Gasteiger partial charge on any atom is 0.412 e. The first-order chi connectivity index (χ1) is 16.3. The highest BCUT2D eigenvalue weighted by molar-refractivity contribution is 7.90. The smallest absolute Gasteiger partial charge is 0.412 e. The van der Waals surface area contributed by atoms with Crippen LogP contribution in [0.15, 0.2) is 33.9 Å². The molecule has 2 aliphatic rings. The molecule has 0 spiro atoms. The fourth-order valence-electron chi connectivity index (χ4n) is 4.63. The van der Waals surface area contributed by atoms with E-state index in [1.807, 2.05) is 4.90 Å². The lowest BCUT2D eigenvalue weighted by atomic mass is 9.92. The van der Waals surface area contributed by atoms with E-state index in [4.69, 9.17) is 9.26 Å². The third kappa shape index (κ3) is 3.85. The van der Waals surface area contributed by atoms with Gasteiger partial charge in [-0.2, -0.15) is 0 Å². The Morgan fingerprint density at radius 2 is 2.12 bits per heavy atom. The molecule has 1 fully saturated rings. The number of hydrogen-bond acceptors (Lipinski definition) is 9. The van der Waals surface area contributed by atoms with Gasteiger partial charge in [-0.05, 0) is 43.5 Å². The summed E-state index contributed by atoms with van der Waals surface area (Å²) in [7, 11) is -3.30. The topological polar surface area (TPSA) is 119 Å². The van der Waals surface area contributed by atoms with E-state index in [2.05, 4.69) is 15.1 Å². The zero-order valence-corrected chi connectivity index (χ0v) is 19.6. The number of likely N-dealkylation sites (tertiary alicyclic amines) is 1. The predicted molar refractivity (Wildman–Crippen MR) is 120 cm³/mol. The maximum absolute atomic E-state index is 14.8. The van der Waals surface area contributed by atoms with Crippen molar-refractivity contribution in [2.24, 2.45) is 0 Å². The lowest BCUT2D eigenvalue weighted by Crippen LogP contribution is -2.43. The van der Waals surface area contributed by atoms with Gasteiger partial charge in [-0.1, -0.05) is 5.16 Å². The summed E-state index contributed by atoms with van der Waals surface area (Å²) in [6, 6.07) is 5.03. The second kappa shape index (κ2) is 8.49. The number of alkyl halides is 1. The quantitative estimate of drug-likeness (QED) is 0.508. The number of aromatic nitrogens is 3. The van der Waals surface area contributed by atoms with Gasteiger partial charge in [0, 0.05) is 37.4 Å². The van der Waals surface area contributed by atoms with Crippen molar-refractivity contribution in [3.05, 3.63) is 35.8 Å². The SMILES string of the molecule is CCOC(=O)N1CCC(c2noc3c(N4CCc5cc(S(C)(=O)=O)ccc54)ncnc23)CC1F. The van der Waals surface area contributed by atoms with Gasteiger partial charge in [0.1, 0.15) is 17.5 Å². The molecule has 2 unspecified atom stereocenters. The molecular weight excluding hydrogens is 465 g/mol. The molecule has 2 atom stereocenters. The number of anilines is 2. The van der Waals surface area contributed by atoms with Crippen molar-refractivity contribution in [3.8, 4) is 0 Å². The summed E-state index contributed by atoms with van der Waals surface area (Å²) in [5.41, 5.74) is 3.18. The van der Waals surface area contributed by atoms with E-state index in [1.54, 1.807) is 25.1 Å². The zero-order chi connectivity index (χ0) is 24.0. The first kappa shape index (κ1) is 22.5. The number of carbonyl (C=O) groups is 1. The molecule has 12 heteroatoms. The first-order valence-electron chi connectivity index (χ1n) is 11.1. The van der Waals surface area contributed by atoms with Crippen LogP contribution < -0.4 is 4.90 Å². The molecule has 5 rings (SSSR count). The number of rotatable bonds is 4. The summed E-state index contributed by atoms with van der Waals surface area (Å²) in [6.07, 6.45) is 1.69. The third-order valence-electron chi connectivity index (χ3n) is 6.32. The van der Waals surface area contributed by atoms with Gasteiger partial charge in [0.05, 0.1) is 11.5 Å². The molecular formula is C22H24FN5O5S. The second-order valence-electron chi connectivity index (χ2n) is 8.46. The molecule has 1 amide bonds. The summed E-state index contributed by atoms with van der Waals surface area (Å²) >= 11 is 0. The van der Waals surface area contributed by atoms with E-state index in [-0.39, 0.29) is 30.4 Å². The van der Waals surface area contributed by atoms with Gasteiger partial charge in [-0.25, -0.2) is 27.6 Å². The van der Waals surface area contributed by atoms with Gasteiger partial charge < -0.3 is 14.2 Å². The van der Waals surface area contributed by atoms with E-state index >= 15 is 0 Å². The third-order valence-corrected chi connectivity index (χ3v) is 7.43. The average molecular weight is 490 g/mol. The van der Waals surface area contributed by atoms with Crippen LogP contribution in [0.1, 0.15) is 36.9 Å². The number of nitrogens with zero attached hydrogens (tertiary/aromatic N) is 5. The number of halogens is 1. The van der Waals surface area contributed by atoms with E-state index in [0.29, 0.717) is 42.0 Å². The van der Waals surface area contributed by atoms with Crippen LogP contribution in [-0.2, 0) is 21.0 Å². The van der Waals surface area contributed by atoms with Gasteiger partial charge >= 0.3 is 6.09 Å². The Balaban J connectivity index is 1.43. The van der Waals surface area contributed by atoms with Gasteiger partial charge in [-0.3, -0.25) is 4.90 Å². The second-order valence-corrected chi connectivity index (χ2v) is 10.5. The minimum Gasteiger partial charge on any atom is -0.450 e. The molecule has 10 nitrogen and oxygen atoms in total. The van der Waals surface area contributed by atoms with Crippen molar-refractivity contribution in [3.63, 3.8) is 0 Å². The summed E-state index contributed by atoms with van der Waals surface area (Å²) < 4.78 is 49.2. The normalized spacial score (nSPS) is 20.6. The fraction of sp³-hybridized carbons (Fsp3) is 0.455. The number of ether oxygens (including phenoxy) is 1. The number of amides is 1. The molecule has 2 aromatic heterocycles. The standard InChI is InChI=1S/C22H24FN5O5S/c1-3-32-22(29)28-9-7-14(11-17(28)23)18-19-20(33-26-18)21(25-12-24-19)27-8-6-13-10-15(34(2,30)31)4-5-16(13)27/h4-5,10,12,14,17H,3,6-9,11H2,1-2H3. The van der Waals surface area contributed by atoms with Crippen LogP contribution in [-0.4, -0.2) is 66.8 Å². The molecule has 34 heavy (non-hydrogen) atoms. The average Bonchev–Trinajstić information content (AvgIpc) is 3.42. The lowest BCUT2D eigenvalue weighted by Gasteiger charge is -2.33.